The molecule has 0 amide bonds. The number of hydrogen-bond acceptors (Lipinski definition) is 3. The summed E-state index contributed by atoms with van der Waals surface area (Å²) in [4.78, 5) is 8.80. The molecule has 0 N–H and O–H groups in total. The molecule has 3 nitrogen and oxygen atoms in total. The van der Waals surface area contributed by atoms with E-state index in [2.05, 4.69) is 92.0 Å². The van der Waals surface area contributed by atoms with Gasteiger partial charge in [0.05, 0.1) is 13.7 Å². The van der Waals surface area contributed by atoms with Crippen molar-refractivity contribution >= 4 is 35.2 Å². The van der Waals surface area contributed by atoms with Crippen LogP contribution in [0.4, 0.5) is 0 Å². The molecule has 199 valence electrons. The zero-order valence-corrected chi connectivity index (χ0v) is 26.3. The second kappa shape index (κ2) is 12.2. The molecule has 3 aromatic carbocycles. The van der Waals surface area contributed by atoms with E-state index in [0.717, 1.165) is 39.1 Å². The number of benzene rings is 3. The molecule has 0 saturated carbocycles. The van der Waals surface area contributed by atoms with Crippen molar-refractivity contribution in [2.45, 2.75) is 39.4 Å². The predicted octanol–water partition coefficient (Wildman–Crippen LogP) is 8.66. The summed E-state index contributed by atoms with van der Waals surface area (Å²) >= 11 is 0. The monoisotopic (exact) mass is 705 g/mol. The zero-order valence-electron chi connectivity index (χ0n) is 23.0. The molecule has 6 rings (SSSR count). The van der Waals surface area contributed by atoms with Gasteiger partial charge in [0.25, 0.3) is 0 Å². The third-order valence-corrected chi connectivity index (χ3v) is 8.70. The van der Waals surface area contributed by atoms with Crippen LogP contribution in [0.5, 0.6) is 0 Å². The first-order valence-electron chi connectivity index (χ1n) is 13.0. The average Bonchev–Trinajstić information content (AvgIpc) is 3.32. The molecule has 3 aromatic heterocycles. The number of hydrogen-bond donors (Lipinski definition) is 0. The summed E-state index contributed by atoms with van der Waals surface area (Å²) in [6.07, 6.45) is 3.67. The number of pyridine rings is 2. The maximum Gasteiger partial charge on any atom is 0.120 e. The summed E-state index contributed by atoms with van der Waals surface area (Å²) in [6.45, 7) is 11.5. The number of furan rings is 1. The van der Waals surface area contributed by atoms with Crippen molar-refractivity contribution < 1.29 is 24.5 Å². The molecule has 6 aromatic rings. The summed E-state index contributed by atoms with van der Waals surface area (Å²) in [5, 5.41) is 3.78. The van der Waals surface area contributed by atoms with Crippen molar-refractivity contribution in [1.29, 1.82) is 0 Å². The zero-order chi connectivity index (χ0) is 26.7. The molecule has 1 radical (unpaired) electrons. The maximum absolute atomic E-state index is 6.25. The van der Waals surface area contributed by atoms with E-state index in [-0.39, 0.29) is 20.1 Å². The summed E-state index contributed by atoms with van der Waals surface area (Å²) < 4.78 is 6.25. The smallest absolute Gasteiger partial charge is 0.120 e. The second-order valence-corrected chi connectivity index (χ2v) is 15.9. The van der Waals surface area contributed by atoms with Crippen LogP contribution in [0, 0.1) is 12.1 Å². The van der Waals surface area contributed by atoms with Gasteiger partial charge < -0.3 is 14.4 Å². The van der Waals surface area contributed by atoms with Crippen LogP contribution in [0.1, 0.15) is 25.3 Å². The number of nitrogens with zero attached hydrogens (tertiary/aromatic N) is 2. The molecular weight excluding hydrogens is 673 g/mol. The minimum Gasteiger partial charge on any atom is -0.501 e. The Morgan fingerprint density at radius 3 is 2.23 bits per heavy atom. The Labute approximate surface area is 245 Å². The van der Waals surface area contributed by atoms with E-state index in [4.69, 9.17) is 4.42 Å². The van der Waals surface area contributed by atoms with Crippen LogP contribution in [-0.2, 0) is 20.1 Å². The van der Waals surface area contributed by atoms with Crippen molar-refractivity contribution in [3.63, 3.8) is 0 Å². The molecule has 0 spiro atoms. The topological polar surface area (TPSA) is 38.9 Å². The summed E-state index contributed by atoms with van der Waals surface area (Å²) in [7, 11) is -1.37. The Morgan fingerprint density at radius 2 is 1.54 bits per heavy atom. The molecule has 0 fully saturated rings. The van der Waals surface area contributed by atoms with Gasteiger partial charge >= 0.3 is 0 Å². The van der Waals surface area contributed by atoms with E-state index in [1.54, 1.807) is 6.20 Å². The second-order valence-electron chi connectivity index (χ2n) is 10.8. The summed E-state index contributed by atoms with van der Waals surface area (Å²) in [6, 6.07) is 35.1. The van der Waals surface area contributed by atoms with E-state index in [1.807, 2.05) is 54.7 Å². The first-order chi connectivity index (χ1) is 18.3. The molecule has 3 heterocycles. The van der Waals surface area contributed by atoms with Crippen LogP contribution in [0.2, 0.25) is 19.6 Å². The minimum atomic E-state index is -1.37. The quantitative estimate of drug-likeness (QED) is 0.136. The predicted molar refractivity (Wildman–Crippen MR) is 161 cm³/mol. The molecule has 5 heteroatoms. The number of fused-ring (bicyclic) bond motifs is 3. The molecule has 0 bridgehead atoms. The molecule has 0 aliphatic rings. The standard InChI is InChI=1S/C23H24NOSi.C11H8N.Ir/c1-15(2)16-11-12-24-21(13-16)19-8-6-7-18-20-14-17(26(3,4)5)9-10-22(20)25-23(18)19;1-2-6-10(7-3-1)11-8-4-5-9-12-11;/h6-7,9-15H,1-5H3;1-6,8-9H;/q2*-1;. The van der Waals surface area contributed by atoms with Gasteiger partial charge in [-0.2, -0.15) is 0 Å². The Balaban J connectivity index is 0.000000228. The Kier molecular flexibility index (Phi) is 8.96. The number of aromatic nitrogens is 2. The van der Waals surface area contributed by atoms with E-state index in [9.17, 15) is 0 Å². The maximum atomic E-state index is 6.25. The van der Waals surface area contributed by atoms with Crippen LogP contribution >= 0.6 is 0 Å². The van der Waals surface area contributed by atoms with Crippen LogP contribution < -0.4 is 5.19 Å². The molecule has 0 unspecified atom stereocenters. The Bertz CT molecular complexity index is 1640. The minimum absolute atomic E-state index is 0. The normalized spacial score (nSPS) is 11.2. The van der Waals surface area contributed by atoms with Gasteiger partial charge in [-0.3, -0.25) is 0 Å². The molecular formula is C34H32IrN2OSi-2. The molecule has 39 heavy (non-hydrogen) atoms. The van der Waals surface area contributed by atoms with Gasteiger partial charge in [0.1, 0.15) is 5.58 Å². The molecule has 0 aliphatic carbocycles. The van der Waals surface area contributed by atoms with Gasteiger partial charge in [0.2, 0.25) is 0 Å². The largest absolute Gasteiger partial charge is 0.501 e. The summed E-state index contributed by atoms with van der Waals surface area (Å²) in [5.41, 5.74) is 6.96. The van der Waals surface area contributed by atoms with E-state index in [0.29, 0.717) is 5.92 Å². The first kappa shape index (κ1) is 28.6. The van der Waals surface area contributed by atoms with Crippen LogP contribution in [0.3, 0.4) is 0 Å². The number of rotatable bonds is 4. The van der Waals surface area contributed by atoms with Gasteiger partial charge in [-0.05, 0) is 35.5 Å². The van der Waals surface area contributed by atoms with Crippen LogP contribution in [0.15, 0.2) is 102 Å². The molecule has 0 saturated heterocycles. The summed E-state index contributed by atoms with van der Waals surface area (Å²) in [5.74, 6) is 0.464. The Hall–Kier alpha value is -3.37. The van der Waals surface area contributed by atoms with Crippen molar-refractivity contribution in [3.05, 3.63) is 115 Å². The van der Waals surface area contributed by atoms with Crippen LogP contribution in [0.25, 0.3) is 44.5 Å². The Morgan fingerprint density at radius 1 is 0.744 bits per heavy atom. The molecule has 0 atom stereocenters. The van der Waals surface area contributed by atoms with E-state index >= 15 is 0 Å². The van der Waals surface area contributed by atoms with Crippen molar-refractivity contribution in [2.24, 2.45) is 0 Å². The van der Waals surface area contributed by atoms with Crippen molar-refractivity contribution in [1.82, 2.24) is 9.97 Å². The fourth-order valence-electron chi connectivity index (χ4n) is 4.42. The van der Waals surface area contributed by atoms with Crippen molar-refractivity contribution in [2.75, 3.05) is 0 Å². The van der Waals surface area contributed by atoms with E-state index in [1.165, 1.54) is 16.1 Å². The van der Waals surface area contributed by atoms with Gasteiger partial charge in [-0.15, -0.1) is 54.1 Å². The third-order valence-electron chi connectivity index (χ3n) is 6.65. The fourth-order valence-corrected chi connectivity index (χ4v) is 5.58. The van der Waals surface area contributed by atoms with Gasteiger partial charge in [0.15, 0.2) is 0 Å². The van der Waals surface area contributed by atoms with Crippen LogP contribution in [-0.4, -0.2) is 18.0 Å². The van der Waals surface area contributed by atoms with E-state index < -0.39 is 8.07 Å². The average molecular weight is 705 g/mol. The van der Waals surface area contributed by atoms with Gasteiger partial charge in [-0.25, -0.2) is 0 Å². The SMILES string of the molecule is CC(C)c1ccnc(-c2[c-]ccc3c2oc2ccc([Si](C)(C)C)cc23)c1.[Ir].[c-]1ccccc1-c1ccccn1. The van der Waals surface area contributed by atoms with Gasteiger partial charge in [-0.1, -0.05) is 85.5 Å². The van der Waals surface area contributed by atoms with Gasteiger partial charge in [0, 0.05) is 37.9 Å². The fraction of sp³-hybridized carbons (Fsp3) is 0.176. The molecule has 0 aliphatic heterocycles. The van der Waals surface area contributed by atoms with Crippen molar-refractivity contribution in [3.8, 4) is 22.5 Å². The third kappa shape index (κ3) is 6.44. The first-order valence-corrected chi connectivity index (χ1v) is 16.5.